The highest BCUT2D eigenvalue weighted by atomic mass is 16.7. The number of aromatic amines is 1. The number of ether oxygens (including phenoxy) is 2. The number of rotatable bonds is 2. The van der Waals surface area contributed by atoms with Crippen LogP contribution in [0.25, 0.3) is 0 Å². The molecule has 3 N–H and O–H groups in total. The van der Waals surface area contributed by atoms with Crippen molar-refractivity contribution in [3.05, 3.63) is 33.1 Å². The van der Waals surface area contributed by atoms with Gasteiger partial charge >= 0.3 is 5.69 Å². The molecule has 1 aromatic rings. The van der Waals surface area contributed by atoms with E-state index in [4.69, 9.17) is 9.47 Å². The largest absolute Gasteiger partial charge is 0.393 e. The van der Waals surface area contributed by atoms with Crippen LogP contribution in [0.15, 0.2) is 21.9 Å². The third-order valence-corrected chi connectivity index (χ3v) is 3.42. The highest BCUT2D eigenvalue weighted by Crippen LogP contribution is 2.43. The van der Waals surface area contributed by atoms with E-state index in [1.54, 1.807) is 0 Å². The molecular formula is C10H12N2O6. The molecule has 4 atom stereocenters. The number of fused-ring (bicyclic) bond motifs is 2. The topological polar surface area (TPSA) is 114 Å². The summed E-state index contributed by atoms with van der Waals surface area (Å²) in [5.41, 5.74) is -2.46. The van der Waals surface area contributed by atoms with Crippen LogP contribution in [0.5, 0.6) is 0 Å². The lowest BCUT2D eigenvalue weighted by molar-refractivity contribution is -0.188. The van der Waals surface area contributed by atoms with Gasteiger partial charge < -0.3 is 24.7 Å². The summed E-state index contributed by atoms with van der Waals surface area (Å²) >= 11 is 0. The van der Waals surface area contributed by atoms with E-state index < -0.39 is 41.9 Å². The average molecular weight is 256 g/mol. The summed E-state index contributed by atoms with van der Waals surface area (Å²) in [5, 5.41) is 19.2. The quantitative estimate of drug-likeness (QED) is 0.541. The Hall–Kier alpha value is -1.48. The molecular weight excluding hydrogens is 244 g/mol. The molecule has 0 aliphatic carbocycles. The van der Waals surface area contributed by atoms with Crippen LogP contribution in [-0.4, -0.2) is 50.8 Å². The first-order valence-electron chi connectivity index (χ1n) is 5.48. The number of aliphatic hydroxyl groups excluding tert-OH is 2. The fourth-order valence-electron chi connectivity index (χ4n) is 2.41. The van der Waals surface area contributed by atoms with Gasteiger partial charge in [0, 0.05) is 12.3 Å². The Balaban J connectivity index is 2.07. The highest BCUT2D eigenvalue weighted by molar-refractivity contribution is 5.07. The van der Waals surface area contributed by atoms with Crippen molar-refractivity contribution in [3.63, 3.8) is 0 Å². The van der Waals surface area contributed by atoms with Crippen LogP contribution in [0, 0.1) is 0 Å². The summed E-state index contributed by atoms with van der Waals surface area (Å²) < 4.78 is 11.6. The van der Waals surface area contributed by atoms with E-state index >= 15 is 0 Å². The monoisotopic (exact) mass is 256 g/mol. The minimum atomic E-state index is -1.25. The van der Waals surface area contributed by atoms with Crippen molar-refractivity contribution >= 4 is 0 Å². The van der Waals surface area contributed by atoms with Crippen LogP contribution in [0.2, 0.25) is 0 Å². The van der Waals surface area contributed by atoms with Gasteiger partial charge in [0.1, 0.15) is 17.8 Å². The number of nitrogens with one attached hydrogen (secondary N) is 1. The van der Waals surface area contributed by atoms with E-state index in [0.717, 1.165) is 4.57 Å². The first-order chi connectivity index (χ1) is 8.59. The third-order valence-electron chi connectivity index (χ3n) is 3.42. The van der Waals surface area contributed by atoms with Crippen LogP contribution >= 0.6 is 0 Å². The lowest BCUT2D eigenvalue weighted by Gasteiger charge is -2.29. The van der Waals surface area contributed by atoms with E-state index in [1.807, 2.05) is 0 Å². The van der Waals surface area contributed by atoms with Gasteiger partial charge in [-0.25, -0.2) is 9.36 Å². The van der Waals surface area contributed by atoms with Gasteiger partial charge in [-0.2, -0.15) is 0 Å². The number of H-pyrrole nitrogens is 1. The molecule has 0 spiro atoms. The Morgan fingerprint density at radius 1 is 1.56 bits per heavy atom. The van der Waals surface area contributed by atoms with Crippen molar-refractivity contribution in [1.82, 2.24) is 9.55 Å². The molecule has 98 valence electrons. The third kappa shape index (κ3) is 1.34. The number of hydrogen-bond acceptors (Lipinski definition) is 6. The molecule has 0 amide bonds. The Morgan fingerprint density at radius 2 is 2.33 bits per heavy atom. The first-order valence-corrected chi connectivity index (χ1v) is 5.48. The standard InChI is InChI=1S/C10H12N2O6/c13-3-10-4-17-6(7(10)15)8(18-10)12-5(14)1-2-11-9(12)16/h1-2,6-8,13,15H,3-4H2,(H,11,16)/t6-,7+,8-,10+/m1/s1. The van der Waals surface area contributed by atoms with E-state index in [9.17, 15) is 19.8 Å². The molecule has 3 heterocycles. The van der Waals surface area contributed by atoms with Crippen molar-refractivity contribution in [1.29, 1.82) is 0 Å². The summed E-state index contributed by atoms with van der Waals surface area (Å²) in [4.78, 5) is 25.6. The van der Waals surface area contributed by atoms with Crippen molar-refractivity contribution in [2.24, 2.45) is 0 Å². The molecule has 8 nitrogen and oxygen atoms in total. The molecule has 2 saturated heterocycles. The van der Waals surface area contributed by atoms with Crippen molar-refractivity contribution in [2.75, 3.05) is 13.2 Å². The minimum absolute atomic E-state index is 0.0331. The molecule has 18 heavy (non-hydrogen) atoms. The van der Waals surface area contributed by atoms with Crippen LogP contribution in [-0.2, 0) is 9.47 Å². The first kappa shape index (κ1) is 11.6. The van der Waals surface area contributed by atoms with Gasteiger partial charge in [-0.1, -0.05) is 0 Å². The van der Waals surface area contributed by atoms with E-state index in [1.165, 1.54) is 12.3 Å². The predicted octanol–water partition coefficient (Wildman–Crippen LogP) is -2.44. The Bertz CT molecular complexity index is 552. The van der Waals surface area contributed by atoms with Gasteiger partial charge in [-0.15, -0.1) is 0 Å². The second-order valence-corrected chi connectivity index (χ2v) is 4.44. The molecule has 2 bridgehead atoms. The van der Waals surface area contributed by atoms with Crippen molar-refractivity contribution in [2.45, 2.75) is 24.0 Å². The molecule has 0 saturated carbocycles. The van der Waals surface area contributed by atoms with E-state index in [-0.39, 0.29) is 6.61 Å². The summed E-state index contributed by atoms with van der Waals surface area (Å²) in [6.07, 6.45) is -1.70. The zero-order chi connectivity index (χ0) is 12.9. The normalized spacial score (nSPS) is 38.2. The zero-order valence-corrected chi connectivity index (χ0v) is 9.28. The smallest absolute Gasteiger partial charge is 0.330 e. The zero-order valence-electron chi connectivity index (χ0n) is 9.28. The van der Waals surface area contributed by atoms with Gasteiger partial charge in [0.05, 0.1) is 13.2 Å². The second kappa shape index (κ2) is 3.75. The maximum Gasteiger partial charge on any atom is 0.330 e. The van der Waals surface area contributed by atoms with Gasteiger partial charge in [0.25, 0.3) is 5.56 Å². The number of aromatic nitrogens is 2. The average Bonchev–Trinajstić information content (AvgIpc) is 2.81. The Kier molecular flexibility index (Phi) is 2.42. The fraction of sp³-hybridized carbons (Fsp3) is 0.600. The fourth-order valence-corrected chi connectivity index (χ4v) is 2.41. The SMILES string of the molecule is O=c1cc[nH]c(=O)n1[C@@H]1O[C@@]2(CO)CO[C@@H]1[C@@H]2O. The molecule has 0 radical (unpaired) electrons. The highest BCUT2D eigenvalue weighted by Gasteiger charge is 2.61. The summed E-state index contributed by atoms with van der Waals surface area (Å²) in [6.45, 7) is -0.411. The second-order valence-electron chi connectivity index (χ2n) is 4.44. The van der Waals surface area contributed by atoms with Gasteiger partial charge in [-0.3, -0.25) is 4.79 Å². The van der Waals surface area contributed by atoms with E-state index in [0.29, 0.717) is 0 Å². The predicted molar refractivity (Wildman–Crippen MR) is 57.0 cm³/mol. The number of nitrogens with zero attached hydrogens (tertiary/aromatic N) is 1. The van der Waals surface area contributed by atoms with Crippen LogP contribution in [0.3, 0.4) is 0 Å². The summed E-state index contributed by atoms with van der Waals surface area (Å²) in [5.74, 6) is 0. The summed E-state index contributed by atoms with van der Waals surface area (Å²) in [6, 6.07) is 1.18. The molecule has 0 unspecified atom stereocenters. The Morgan fingerprint density at radius 3 is 2.94 bits per heavy atom. The van der Waals surface area contributed by atoms with Crippen molar-refractivity contribution < 1.29 is 19.7 Å². The van der Waals surface area contributed by atoms with Gasteiger partial charge in [0.15, 0.2) is 6.23 Å². The molecule has 2 fully saturated rings. The molecule has 1 aromatic heterocycles. The van der Waals surface area contributed by atoms with Crippen LogP contribution in [0.4, 0.5) is 0 Å². The molecule has 2 aliphatic heterocycles. The van der Waals surface area contributed by atoms with Crippen LogP contribution in [0.1, 0.15) is 6.23 Å². The molecule has 8 heteroatoms. The maximum atomic E-state index is 11.7. The van der Waals surface area contributed by atoms with E-state index in [2.05, 4.69) is 4.98 Å². The van der Waals surface area contributed by atoms with Crippen molar-refractivity contribution in [3.8, 4) is 0 Å². The summed E-state index contributed by atoms with van der Waals surface area (Å²) in [7, 11) is 0. The van der Waals surface area contributed by atoms with Gasteiger partial charge in [-0.05, 0) is 0 Å². The lowest BCUT2D eigenvalue weighted by Crippen LogP contribution is -2.46. The number of aliphatic hydroxyl groups is 2. The molecule has 0 aromatic carbocycles. The molecule has 3 rings (SSSR count). The van der Waals surface area contributed by atoms with Crippen LogP contribution < -0.4 is 11.2 Å². The molecule has 2 aliphatic rings. The lowest BCUT2D eigenvalue weighted by atomic mass is 10.0. The maximum absolute atomic E-state index is 11.7. The minimum Gasteiger partial charge on any atom is -0.393 e. The Labute approximate surface area is 100 Å². The van der Waals surface area contributed by atoms with Gasteiger partial charge in [0.2, 0.25) is 0 Å². The number of hydrogen-bond donors (Lipinski definition) is 3.